The highest BCUT2D eigenvalue weighted by Crippen LogP contribution is 2.40. The first-order chi connectivity index (χ1) is 9.16. The molecule has 0 saturated heterocycles. The van der Waals surface area contributed by atoms with Crippen molar-refractivity contribution in [3.05, 3.63) is 40.4 Å². The third kappa shape index (κ3) is 2.26. The summed E-state index contributed by atoms with van der Waals surface area (Å²) in [7, 11) is 0. The fourth-order valence-electron chi connectivity index (χ4n) is 2.45. The highest BCUT2D eigenvalue weighted by atomic mass is 35.5. The van der Waals surface area contributed by atoms with E-state index in [9.17, 15) is 9.90 Å². The number of carboxylic acids is 1. The van der Waals surface area contributed by atoms with Gasteiger partial charge in [-0.3, -0.25) is 4.79 Å². The van der Waals surface area contributed by atoms with Crippen LogP contribution in [-0.2, 0) is 4.79 Å². The molecule has 0 aliphatic heterocycles. The van der Waals surface area contributed by atoms with Crippen LogP contribution in [0.25, 0.3) is 10.2 Å². The standard InChI is InChI=1S/C14H12ClNO2S/c15-10-6-3-7-11-12(10)19-13(16-11)8-4-1-2-5-9(8)14(17)18/h1-3,6-9H,4-5H2,(H,17,18)/t8-,9+/m1/s1. The number of allylic oxidation sites excluding steroid dienone is 2. The number of hydrogen-bond donors (Lipinski definition) is 1. The summed E-state index contributed by atoms with van der Waals surface area (Å²) in [5.74, 6) is -1.18. The number of rotatable bonds is 2. The van der Waals surface area contributed by atoms with E-state index < -0.39 is 5.97 Å². The van der Waals surface area contributed by atoms with Crippen LogP contribution in [0.3, 0.4) is 0 Å². The maximum Gasteiger partial charge on any atom is 0.307 e. The van der Waals surface area contributed by atoms with E-state index in [-0.39, 0.29) is 11.8 Å². The molecule has 0 fully saturated rings. The second-order valence-electron chi connectivity index (χ2n) is 4.63. The summed E-state index contributed by atoms with van der Waals surface area (Å²) in [5.41, 5.74) is 0.853. The van der Waals surface area contributed by atoms with Crippen molar-refractivity contribution in [2.24, 2.45) is 5.92 Å². The van der Waals surface area contributed by atoms with Crippen LogP contribution in [0.5, 0.6) is 0 Å². The number of halogens is 1. The summed E-state index contributed by atoms with van der Waals surface area (Å²) in [4.78, 5) is 15.9. The van der Waals surface area contributed by atoms with E-state index in [2.05, 4.69) is 4.98 Å². The average molecular weight is 294 g/mol. The Hall–Kier alpha value is -1.39. The fraction of sp³-hybridized carbons (Fsp3) is 0.286. The predicted octanol–water partition coefficient (Wildman–Crippen LogP) is 4.08. The zero-order chi connectivity index (χ0) is 13.4. The number of thiazole rings is 1. The lowest BCUT2D eigenvalue weighted by atomic mass is 9.83. The first kappa shape index (κ1) is 12.6. The Bertz CT molecular complexity index is 665. The van der Waals surface area contributed by atoms with E-state index >= 15 is 0 Å². The average Bonchev–Trinajstić information content (AvgIpc) is 2.84. The number of fused-ring (bicyclic) bond motifs is 1. The fourth-order valence-corrected chi connectivity index (χ4v) is 3.89. The number of hydrogen-bond acceptors (Lipinski definition) is 3. The van der Waals surface area contributed by atoms with Gasteiger partial charge in [0.05, 0.1) is 26.2 Å². The molecule has 0 spiro atoms. The predicted molar refractivity (Wildman–Crippen MR) is 76.9 cm³/mol. The van der Waals surface area contributed by atoms with E-state index in [1.165, 1.54) is 11.3 Å². The molecule has 5 heteroatoms. The van der Waals surface area contributed by atoms with Crippen molar-refractivity contribution in [3.63, 3.8) is 0 Å². The number of nitrogens with zero attached hydrogens (tertiary/aromatic N) is 1. The van der Waals surface area contributed by atoms with E-state index in [1.807, 2.05) is 30.4 Å². The molecule has 1 aliphatic rings. The molecule has 0 saturated carbocycles. The molecule has 1 N–H and O–H groups in total. The Morgan fingerprint density at radius 2 is 2.16 bits per heavy atom. The summed E-state index contributed by atoms with van der Waals surface area (Å²) in [5, 5.41) is 10.9. The summed E-state index contributed by atoms with van der Waals surface area (Å²) in [6.07, 6.45) is 5.28. The molecule has 0 bridgehead atoms. The molecule has 1 aromatic heterocycles. The van der Waals surface area contributed by atoms with Crippen molar-refractivity contribution in [2.75, 3.05) is 0 Å². The first-order valence-electron chi connectivity index (χ1n) is 6.09. The lowest BCUT2D eigenvalue weighted by molar-refractivity contribution is -0.142. The summed E-state index contributed by atoms with van der Waals surface area (Å²) in [6.45, 7) is 0. The van der Waals surface area contributed by atoms with E-state index in [1.54, 1.807) is 0 Å². The minimum absolute atomic E-state index is 0.0454. The molecule has 98 valence electrons. The maximum absolute atomic E-state index is 11.3. The normalized spacial score (nSPS) is 22.8. The van der Waals surface area contributed by atoms with Gasteiger partial charge in [0, 0.05) is 5.92 Å². The molecule has 1 aliphatic carbocycles. The smallest absolute Gasteiger partial charge is 0.307 e. The van der Waals surface area contributed by atoms with Crippen LogP contribution in [-0.4, -0.2) is 16.1 Å². The molecule has 1 aromatic carbocycles. The quantitative estimate of drug-likeness (QED) is 0.849. The van der Waals surface area contributed by atoms with Gasteiger partial charge in [-0.15, -0.1) is 11.3 Å². The van der Waals surface area contributed by atoms with Crippen LogP contribution in [0.2, 0.25) is 5.02 Å². The molecular formula is C14H12ClNO2S. The monoisotopic (exact) mass is 293 g/mol. The zero-order valence-electron chi connectivity index (χ0n) is 10.0. The number of aliphatic carboxylic acids is 1. The summed E-state index contributed by atoms with van der Waals surface area (Å²) >= 11 is 7.66. The van der Waals surface area contributed by atoms with Crippen molar-refractivity contribution in [1.29, 1.82) is 0 Å². The van der Waals surface area contributed by atoms with Gasteiger partial charge in [0.15, 0.2) is 0 Å². The number of aromatic nitrogens is 1. The Morgan fingerprint density at radius 1 is 1.37 bits per heavy atom. The van der Waals surface area contributed by atoms with Crippen LogP contribution in [0.15, 0.2) is 30.4 Å². The molecule has 0 amide bonds. The van der Waals surface area contributed by atoms with E-state index in [4.69, 9.17) is 11.6 Å². The third-order valence-electron chi connectivity index (χ3n) is 3.45. The van der Waals surface area contributed by atoms with Crippen LogP contribution in [0, 0.1) is 5.92 Å². The minimum atomic E-state index is -0.750. The van der Waals surface area contributed by atoms with Crippen LogP contribution < -0.4 is 0 Å². The highest BCUT2D eigenvalue weighted by Gasteiger charge is 2.32. The first-order valence-corrected chi connectivity index (χ1v) is 7.29. The van der Waals surface area contributed by atoms with Crippen LogP contribution in [0.1, 0.15) is 23.8 Å². The number of carboxylic acid groups (broad SMARTS) is 1. The molecule has 0 radical (unpaired) electrons. The van der Waals surface area contributed by atoms with Gasteiger partial charge >= 0.3 is 5.97 Å². The summed E-state index contributed by atoms with van der Waals surface area (Å²) in [6, 6.07) is 5.61. The zero-order valence-corrected chi connectivity index (χ0v) is 11.6. The lowest BCUT2D eigenvalue weighted by Crippen LogP contribution is -2.23. The van der Waals surface area contributed by atoms with Crippen molar-refractivity contribution >= 4 is 39.1 Å². The molecule has 2 aromatic rings. The molecule has 3 nitrogen and oxygen atoms in total. The Morgan fingerprint density at radius 3 is 2.89 bits per heavy atom. The lowest BCUT2D eigenvalue weighted by Gasteiger charge is -2.22. The van der Waals surface area contributed by atoms with Crippen molar-refractivity contribution in [3.8, 4) is 0 Å². The molecular weight excluding hydrogens is 282 g/mol. The van der Waals surface area contributed by atoms with E-state index in [0.29, 0.717) is 11.4 Å². The minimum Gasteiger partial charge on any atom is -0.481 e. The van der Waals surface area contributed by atoms with Gasteiger partial charge in [0.2, 0.25) is 0 Å². The molecule has 3 rings (SSSR count). The van der Waals surface area contributed by atoms with Gasteiger partial charge in [0.25, 0.3) is 0 Å². The molecule has 1 heterocycles. The summed E-state index contributed by atoms with van der Waals surface area (Å²) < 4.78 is 0.942. The van der Waals surface area contributed by atoms with Gasteiger partial charge in [-0.25, -0.2) is 4.98 Å². The molecule has 2 atom stereocenters. The van der Waals surface area contributed by atoms with Gasteiger partial charge in [-0.2, -0.15) is 0 Å². The van der Waals surface area contributed by atoms with Gasteiger partial charge in [-0.1, -0.05) is 29.8 Å². The van der Waals surface area contributed by atoms with E-state index in [0.717, 1.165) is 21.6 Å². The van der Waals surface area contributed by atoms with Crippen molar-refractivity contribution in [2.45, 2.75) is 18.8 Å². The largest absolute Gasteiger partial charge is 0.481 e. The van der Waals surface area contributed by atoms with Crippen molar-refractivity contribution in [1.82, 2.24) is 4.98 Å². The Labute approximate surface area is 119 Å². The number of carbonyl (C=O) groups is 1. The Balaban J connectivity index is 2.05. The van der Waals surface area contributed by atoms with Gasteiger partial charge in [-0.05, 0) is 25.0 Å². The topological polar surface area (TPSA) is 50.2 Å². The van der Waals surface area contributed by atoms with Crippen molar-refractivity contribution < 1.29 is 9.90 Å². The molecule has 0 unspecified atom stereocenters. The highest BCUT2D eigenvalue weighted by molar-refractivity contribution is 7.19. The van der Waals surface area contributed by atoms with Crippen LogP contribution >= 0.6 is 22.9 Å². The molecule has 19 heavy (non-hydrogen) atoms. The third-order valence-corrected chi connectivity index (χ3v) is 5.11. The van der Waals surface area contributed by atoms with Crippen LogP contribution in [0.4, 0.5) is 0 Å². The van der Waals surface area contributed by atoms with Gasteiger partial charge in [0.1, 0.15) is 0 Å². The second kappa shape index (κ2) is 4.94. The Kier molecular flexibility index (Phi) is 3.29. The van der Waals surface area contributed by atoms with Gasteiger partial charge < -0.3 is 5.11 Å². The number of benzene rings is 1. The second-order valence-corrected chi connectivity index (χ2v) is 6.07. The maximum atomic E-state index is 11.3. The SMILES string of the molecule is O=C(O)[C@H]1CC=CC[C@H]1c1nc2cccc(Cl)c2s1.